The number of nitrogens with zero attached hydrogens (tertiary/aromatic N) is 2. The van der Waals surface area contributed by atoms with Gasteiger partial charge in [-0.25, -0.2) is 9.78 Å². The predicted molar refractivity (Wildman–Crippen MR) is 153 cm³/mol. The molecule has 8 heteroatoms. The van der Waals surface area contributed by atoms with Crippen molar-refractivity contribution in [1.82, 2.24) is 14.7 Å². The van der Waals surface area contributed by atoms with Crippen molar-refractivity contribution in [2.24, 2.45) is 0 Å². The molecule has 1 amide bonds. The van der Waals surface area contributed by atoms with Crippen LogP contribution in [-0.4, -0.2) is 34.4 Å². The van der Waals surface area contributed by atoms with Gasteiger partial charge in [-0.3, -0.25) is 4.79 Å². The number of hydrogen-bond acceptors (Lipinski definition) is 5. The summed E-state index contributed by atoms with van der Waals surface area (Å²) in [6, 6.07) is 28.3. The van der Waals surface area contributed by atoms with E-state index in [0.29, 0.717) is 17.2 Å². The predicted octanol–water partition coefficient (Wildman–Crippen LogP) is 5.78. The molecule has 0 bridgehead atoms. The summed E-state index contributed by atoms with van der Waals surface area (Å²) in [5.41, 5.74) is 5.81. The van der Waals surface area contributed by atoms with Crippen molar-refractivity contribution in [3.63, 3.8) is 0 Å². The minimum absolute atomic E-state index is 0.206. The number of imidazole rings is 1. The zero-order valence-electron chi connectivity index (χ0n) is 21.3. The lowest BCUT2D eigenvalue weighted by atomic mass is 10.1. The first-order valence-electron chi connectivity index (χ1n) is 12.5. The Morgan fingerprint density at radius 2 is 1.59 bits per heavy atom. The Hall–Kier alpha value is -4.62. The van der Waals surface area contributed by atoms with E-state index in [9.17, 15) is 9.59 Å². The highest BCUT2D eigenvalue weighted by atomic mass is 35.5. The SMILES string of the molecule is COC(=O)C(Cc1ccc(NCc2ccccc2)cc1)NC(=O)c1cn2cc(-c3ccc(Cl)cc3)ccc2n1. The lowest BCUT2D eigenvalue weighted by molar-refractivity contribution is -0.142. The van der Waals surface area contributed by atoms with Gasteiger partial charge in [-0.05, 0) is 58.7 Å². The molecule has 2 N–H and O–H groups in total. The number of carbonyl (C=O) groups excluding carboxylic acids is 2. The second-order valence-corrected chi connectivity index (χ2v) is 9.54. The van der Waals surface area contributed by atoms with Crippen LogP contribution in [0.25, 0.3) is 16.8 Å². The van der Waals surface area contributed by atoms with Crippen LogP contribution in [0.3, 0.4) is 0 Å². The Morgan fingerprint density at radius 1 is 0.872 bits per heavy atom. The zero-order chi connectivity index (χ0) is 27.2. The molecule has 0 aliphatic heterocycles. The van der Waals surface area contributed by atoms with E-state index in [1.165, 1.54) is 12.7 Å². The molecule has 2 heterocycles. The molecule has 7 nitrogen and oxygen atoms in total. The Bertz CT molecular complexity index is 1580. The number of benzene rings is 3. The van der Waals surface area contributed by atoms with Crippen LogP contribution in [0.15, 0.2) is 103 Å². The molecular weight excluding hydrogens is 512 g/mol. The third kappa shape index (κ3) is 6.45. The van der Waals surface area contributed by atoms with Crippen molar-refractivity contribution < 1.29 is 14.3 Å². The summed E-state index contributed by atoms with van der Waals surface area (Å²) >= 11 is 6.00. The number of carbonyl (C=O) groups is 2. The Balaban J connectivity index is 1.26. The number of esters is 1. The number of methoxy groups -OCH3 is 1. The van der Waals surface area contributed by atoms with Gasteiger partial charge in [0.25, 0.3) is 5.91 Å². The zero-order valence-corrected chi connectivity index (χ0v) is 22.1. The molecule has 5 rings (SSSR count). The maximum Gasteiger partial charge on any atom is 0.328 e. The largest absolute Gasteiger partial charge is 0.467 e. The van der Waals surface area contributed by atoms with E-state index >= 15 is 0 Å². The van der Waals surface area contributed by atoms with Crippen LogP contribution in [0.1, 0.15) is 21.6 Å². The van der Waals surface area contributed by atoms with Crippen LogP contribution in [0.4, 0.5) is 5.69 Å². The molecule has 1 unspecified atom stereocenters. The fourth-order valence-corrected chi connectivity index (χ4v) is 4.40. The van der Waals surface area contributed by atoms with E-state index < -0.39 is 17.9 Å². The number of ether oxygens (including phenoxy) is 1. The van der Waals surface area contributed by atoms with E-state index in [4.69, 9.17) is 16.3 Å². The summed E-state index contributed by atoms with van der Waals surface area (Å²) in [4.78, 5) is 30.0. The molecule has 1 atom stereocenters. The van der Waals surface area contributed by atoms with Gasteiger partial charge < -0.3 is 19.8 Å². The van der Waals surface area contributed by atoms with Gasteiger partial charge >= 0.3 is 5.97 Å². The molecule has 2 aromatic heterocycles. The number of amides is 1. The van der Waals surface area contributed by atoms with E-state index in [-0.39, 0.29) is 12.1 Å². The normalized spacial score (nSPS) is 11.6. The molecule has 0 spiro atoms. The molecule has 39 heavy (non-hydrogen) atoms. The van der Waals surface area contributed by atoms with Crippen molar-refractivity contribution in [3.8, 4) is 11.1 Å². The monoisotopic (exact) mass is 538 g/mol. The second-order valence-electron chi connectivity index (χ2n) is 9.11. The minimum atomic E-state index is -0.861. The summed E-state index contributed by atoms with van der Waals surface area (Å²) in [6.07, 6.45) is 3.82. The van der Waals surface area contributed by atoms with Crippen LogP contribution in [0, 0.1) is 0 Å². The highest BCUT2D eigenvalue weighted by Gasteiger charge is 2.24. The molecule has 0 aliphatic rings. The average molecular weight is 539 g/mol. The molecule has 196 valence electrons. The molecule has 0 fully saturated rings. The summed E-state index contributed by atoms with van der Waals surface area (Å²) in [7, 11) is 1.31. The number of pyridine rings is 1. The van der Waals surface area contributed by atoms with Gasteiger partial charge in [-0.15, -0.1) is 0 Å². The van der Waals surface area contributed by atoms with Gasteiger partial charge in [0.2, 0.25) is 0 Å². The van der Waals surface area contributed by atoms with Crippen LogP contribution in [0.2, 0.25) is 5.02 Å². The smallest absolute Gasteiger partial charge is 0.328 e. The third-order valence-corrected chi connectivity index (χ3v) is 6.64. The van der Waals surface area contributed by atoms with E-state index in [2.05, 4.69) is 27.8 Å². The number of anilines is 1. The van der Waals surface area contributed by atoms with E-state index in [1.54, 1.807) is 10.6 Å². The topological polar surface area (TPSA) is 84.7 Å². The van der Waals surface area contributed by atoms with E-state index in [1.807, 2.05) is 85.1 Å². The van der Waals surface area contributed by atoms with Gasteiger partial charge in [0, 0.05) is 36.1 Å². The number of halogens is 1. The van der Waals surface area contributed by atoms with Crippen molar-refractivity contribution in [2.75, 3.05) is 12.4 Å². The lowest BCUT2D eigenvalue weighted by Crippen LogP contribution is -2.43. The molecule has 5 aromatic rings. The van der Waals surface area contributed by atoms with Gasteiger partial charge in [0.1, 0.15) is 17.4 Å². The van der Waals surface area contributed by atoms with Crippen molar-refractivity contribution in [3.05, 3.63) is 125 Å². The van der Waals surface area contributed by atoms with Gasteiger partial charge in [0.05, 0.1) is 7.11 Å². The second kappa shape index (κ2) is 11.8. The molecule has 0 aliphatic carbocycles. The summed E-state index contributed by atoms with van der Waals surface area (Å²) in [5.74, 6) is -0.980. The van der Waals surface area contributed by atoms with Crippen LogP contribution in [0.5, 0.6) is 0 Å². The van der Waals surface area contributed by atoms with Crippen molar-refractivity contribution in [1.29, 1.82) is 0 Å². The lowest BCUT2D eigenvalue weighted by Gasteiger charge is -2.16. The van der Waals surface area contributed by atoms with Gasteiger partial charge in [0.15, 0.2) is 0 Å². The summed E-state index contributed by atoms with van der Waals surface area (Å²) in [6.45, 7) is 0.710. The third-order valence-electron chi connectivity index (χ3n) is 6.39. The maximum absolute atomic E-state index is 13.1. The number of aromatic nitrogens is 2. The Kier molecular flexibility index (Phi) is 7.89. The summed E-state index contributed by atoms with van der Waals surface area (Å²) in [5, 5.41) is 6.83. The maximum atomic E-state index is 13.1. The molecule has 0 saturated carbocycles. The Labute approximate surface area is 231 Å². The standard InChI is InChI=1S/C31H27ClN4O3/c1-39-31(38)27(17-21-7-14-26(15-8-21)33-18-22-5-3-2-4-6-22)35-30(37)28-20-36-19-24(11-16-29(36)34-28)23-9-12-25(32)13-10-23/h2-16,19-20,27,33H,17-18H2,1H3,(H,35,37). The van der Waals surface area contributed by atoms with Gasteiger partial charge in [-0.1, -0.05) is 66.2 Å². The van der Waals surface area contributed by atoms with Crippen LogP contribution >= 0.6 is 11.6 Å². The molecular formula is C31H27ClN4O3. The first-order chi connectivity index (χ1) is 19.0. The molecule has 3 aromatic carbocycles. The first-order valence-corrected chi connectivity index (χ1v) is 12.9. The highest BCUT2D eigenvalue weighted by molar-refractivity contribution is 6.30. The van der Waals surface area contributed by atoms with Crippen LogP contribution < -0.4 is 10.6 Å². The van der Waals surface area contributed by atoms with Crippen LogP contribution in [-0.2, 0) is 22.5 Å². The number of nitrogens with one attached hydrogen (secondary N) is 2. The number of hydrogen-bond donors (Lipinski definition) is 2. The molecule has 0 radical (unpaired) electrons. The molecule has 0 saturated heterocycles. The quantitative estimate of drug-likeness (QED) is 0.232. The highest BCUT2D eigenvalue weighted by Crippen LogP contribution is 2.22. The first kappa shape index (κ1) is 26.0. The summed E-state index contributed by atoms with van der Waals surface area (Å²) < 4.78 is 6.75. The van der Waals surface area contributed by atoms with Crippen molar-refractivity contribution in [2.45, 2.75) is 19.0 Å². The van der Waals surface area contributed by atoms with E-state index in [0.717, 1.165) is 22.4 Å². The Morgan fingerprint density at radius 3 is 2.31 bits per heavy atom. The fraction of sp³-hybridized carbons (Fsp3) is 0.129. The van der Waals surface area contributed by atoms with Crippen molar-refractivity contribution >= 4 is 34.8 Å². The average Bonchev–Trinajstić information content (AvgIpc) is 3.41. The minimum Gasteiger partial charge on any atom is -0.467 e. The fourth-order valence-electron chi connectivity index (χ4n) is 4.28. The number of rotatable bonds is 9. The van der Waals surface area contributed by atoms with Gasteiger partial charge in [-0.2, -0.15) is 0 Å². The number of fused-ring (bicyclic) bond motifs is 1.